The van der Waals surface area contributed by atoms with Crippen molar-refractivity contribution in [1.29, 1.82) is 0 Å². The predicted octanol–water partition coefficient (Wildman–Crippen LogP) is 1.62. The number of likely N-dealkylation sites (tertiary alicyclic amines) is 1. The second-order valence-corrected chi connectivity index (χ2v) is 5.36. The van der Waals surface area contributed by atoms with Crippen LogP contribution in [0.3, 0.4) is 0 Å². The van der Waals surface area contributed by atoms with Gasteiger partial charge in [-0.15, -0.1) is 0 Å². The third kappa shape index (κ3) is 2.60. The molecule has 1 fully saturated rings. The summed E-state index contributed by atoms with van der Waals surface area (Å²) in [6, 6.07) is 5.60. The average Bonchev–Trinajstić information content (AvgIpc) is 2.25. The molecular weight excluding hydrogens is 230 g/mol. The molecule has 2 rings (SSSR count). The number of benzene rings is 1. The smallest absolute Gasteiger partial charge is 0.167 e. The first-order valence-electron chi connectivity index (χ1n) is 6.17. The molecule has 1 aromatic rings. The molecule has 1 aromatic carbocycles. The zero-order valence-electron chi connectivity index (χ0n) is 11.4. The van der Waals surface area contributed by atoms with Gasteiger partial charge in [0.05, 0.1) is 12.7 Å². The van der Waals surface area contributed by atoms with Crippen molar-refractivity contribution in [3.05, 3.63) is 23.8 Å². The highest BCUT2D eigenvalue weighted by Crippen LogP contribution is 2.38. The van der Waals surface area contributed by atoms with E-state index in [1.165, 1.54) is 0 Å². The van der Waals surface area contributed by atoms with E-state index in [-0.39, 0.29) is 6.10 Å². The van der Waals surface area contributed by atoms with E-state index in [1.54, 1.807) is 21.0 Å². The lowest BCUT2D eigenvalue weighted by atomic mass is 9.97. The maximum atomic E-state index is 10.2. The van der Waals surface area contributed by atoms with E-state index in [4.69, 9.17) is 9.47 Å². The van der Waals surface area contributed by atoms with Gasteiger partial charge in [0.1, 0.15) is 6.10 Å². The molecule has 18 heavy (non-hydrogen) atoms. The van der Waals surface area contributed by atoms with Crippen molar-refractivity contribution in [2.45, 2.75) is 25.6 Å². The molecule has 0 radical (unpaired) electrons. The van der Waals surface area contributed by atoms with Crippen LogP contribution < -0.4 is 9.47 Å². The Balaban J connectivity index is 2.29. The summed E-state index contributed by atoms with van der Waals surface area (Å²) in [6.07, 6.45) is 0.174. The molecule has 0 unspecified atom stereocenters. The van der Waals surface area contributed by atoms with Crippen molar-refractivity contribution in [1.82, 2.24) is 4.90 Å². The molecule has 1 aliphatic heterocycles. The average molecular weight is 251 g/mol. The largest absolute Gasteiger partial charge is 0.493 e. The second-order valence-electron chi connectivity index (χ2n) is 5.36. The minimum absolute atomic E-state index is 0.174. The van der Waals surface area contributed by atoms with E-state index in [0.717, 1.165) is 18.7 Å². The van der Waals surface area contributed by atoms with Crippen LogP contribution in [0.5, 0.6) is 11.5 Å². The van der Waals surface area contributed by atoms with E-state index >= 15 is 0 Å². The van der Waals surface area contributed by atoms with Gasteiger partial charge in [0, 0.05) is 18.7 Å². The fraction of sp³-hybridized carbons (Fsp3) is 0.571. The lowest BCUT2D eigenvalue weighted by Gasteiger charge is -2.37. The van der Waals surface area contributed by atoms with Crippen molar-refractivity contribution in [2.75, 3.05) is 27.2 Å². The van der Waals surface area contributed by atoms with Crippen molar-refractivity contribution in [3.63, 3.8) is 0 Å². The summed E-state index contributed by atoms with van der Waals surface area (Å²) in [6.45, 7) is 5.32. The van der Waals surface area contributed by atoms with Gasteiger partial charge in [0.15, 0.2) is 11.5 Å². The fourth-order valence-corrected chi connectivity index (χ4v) is 2.16. The first kappa shape index (κ1) is 13.2. The molecule has 0 spiro atoms. The summed E-state index contributed by atoms with van der Waals surface area (Å²) < 4.78 is 11.3. The summed E-state index contributed by atoms with van der Waals surface area (Å²) >= 11 is 0. The molecule has 1 saturated heterocycles. The Morgan fingerprint density at radius 1 is 1.33 bits per heavy atom. The van der Waals surface area contributed by atoms with Gasteiger partial charge in [-0.05, 0) is 27.0 Å². The number of ether oxygens (including phenoxy) is 2. The van der Waals surface area contributed by atoms with Crippen LogP contribution in [0.4, 0.5) is 0 Å². The topological polar surface area (TPSA) is 41.9 Å². The van der Waals surface area contributed by atoms with Gasteiger partial charge in [-0.1, -0.05) is 12.1 Å². The predicted molar refractivity (Wildman–Crippen MR) is 70.2 cm³/mol. The number of hydrogen-bond donors (Lipinski definition) is 1. The van der Waals surface area contributed by atoms with Crippen LogP contribution in [0.1, 0.15) is 19.4 Å². The number of methoxy groups -OCH3 is 1. The first-order valence-corrected chi connectivity index (χ1v) is 6.17. The number of hydrogen-bond acceptors (Lipinski definition) is 4. The van der Waals surface area contributed by atoms with Gasteiger partial charge < -0.3 is 14.6 Å². The molecule has 4 nitrogen and oxygen atoms in total. The minimum atomic E-state index is -0.945. The monoisotopic (exact) mass is 251 g/mol. The molecule has 0 bridgehead atoms. The van der Waals surface area contributed by atoms with Gasteiger partial charge in [-0.2, -0.15) is 0 Å². The summed E-state index contributed by atoms with van der Waals surface area (Å²) in [5.41, 5.74) is -0.184. The zero-order valence-corrected chi connectivity index (χ0v) is 11.4. The van der Waals surface area contributed by atoms with Gasteiger partial charge >= 0.3 is 0 Å². The maximum absolute atomic E-state index is 10.2. The third-order valence-electron chi connectivity index (χ3n) is 3.17. The van der Waals surface area contributed by atoms with Crippen LogP contribution in [0.2, 0.25) is 0 Å². The molecule has 1 heterocycles. The molecule has 0 amide bonds. The highest BCUT2D eigenvalue weighted by Gasteiger charge is 2.30. The summed E-state index contributed by atoms with van der Waals surface area (Å²) in [5, 5.41) is 10.2. The Morgan fingerprint density at radius 2 is 2.00 bits per heavy atom. The van der Waals surface area contributed by atoms with Crippen molar-refractivity contribution in [2.24, 2.45) is 0 Å². The quantitative estimate of drug-likeness (QED) is 0.883. The van der Waals surface area contributed by atoms with Gasteiger partial charge in [0.2, 0.25) is 0 Å². The van der Waals surface area contributed by atoms with E-state index in [9.17, 15) is 5.11 Å². The van der Waals surface area contributed by atoms with Crippen molar-refractivity contribution >= 4 is 0 Å². The maximum Gasteiger partial charge on any atom is 0.167 e. The van der Waals surface area contributed by atoms with Crippen LogP contribution in [-0.2, 0) is 5.60 Å². The second kappa shape index (κ2) is 4.78. The molecule has 1 aliphatic rings. The van der Waals surface area contributed by atoms with Crippen LogP contribution in [-0.4, -0.2) is 43.4 Å². The molecule has 0 aromatic heterocycles. The number of rotatable bonds is 4. The first-order chi connectivity index (χ1) is 8.41. The number of likely N-dealkylation sites (N-methyl/N-ethyl adjacent to an activating group) is 1. The Bertz CT molecular complexity index is 420. The normalized spacial score (nSPS) is 17.4. The Kier molecular flexibility index (Phi) is 3.50. The number of nitrogens with zero attached hydrogens (tertiary/aromatic N) is 1. The van der Waals surface area contributed by atoms with Crippen molar-refractivity contribution in [3.8, 4) is 11.5 Å². The van der Waals surface area contributed by atoms with Gasteiger partial charge in [0.25, 0.3) is 0 Å². The Morgan fingerprint density at radius 3 is 2.50 bits per heavy atom. The van der Waals surface area contributed by atoms with Gasteiger partial charge in [-0.3, -0.25) is 4.90 Å². The molecule has 1 N–H and O–H groups in total. The summed E-state index contributed by atoms with van der Waals surface area (Å²) in [5.74, 6) is 1.33. The lowest BCUT2D eigenvalue weighted by Crippen LogP contribution is -2.51. The molecule has 100 valence electrons. The van der Waals surface area contributed by atoms with Gasteiger partial charge in [-0.25, -0.2) is 0 Å². The van der Waals surface area contributed by atoms with Crippen molar-refractivity contribution < 1.29 is 14.6 Å². The Hall–Kier alpha value is -1.26. The van der Waals surface area contributed by atoms with E-state index in [2.05, 4.69) is 11.9 Å². The zero-order chi connectivity index (χ0) is 13.3. The summed E-state index contributed by atoms with van der Waals surface area (Å²) in [7, 11) is 3.67. The Labute approximate surface area is 108 Å². The molecule has 0 atom stereocenters. The van der Waals surface area contributed by atoms with Crippen LogP contribution in [0.15, 0.2) is 18.2 Å². The standard InChI is InChI=1S/C14H21NO3/c1-14(2,16)11-6-5-7-12(17-4)13(11)18-10-8-15(3)9-10/h5-7,10,16H,8-9H2,1-4H3. The lowest BCUT2D eigenvalue weighted by molar-refractivity contribution is 0.0274. The number of para-hydroxylation sites is 1. The van der Waals surface area contributed by atoms with E-state index in [1.807, 2.05) is 18.2 Å². The van der Waals surface area contributed by atoms with Crippen LogP contribution >= 0.6 is 0 Å². The highest BCUT2D eigenvalue weighted by molar-refractivity contribution is 5.49. The highest BCUT2D eigenvalue weighted by atomic mass is 16.5. The minimum Gasteiger partial charge on any atom is -0.493 e. The van der Waals surface area contributed by atoms with Crippen LogP contribution in [0.25, 0.3) is 0 Å². The fourth-order valence-electron chi connectivity index (χ4n) is 2.16. The molecule has 0 saturated carbocycles. The molecule has 0 aliphatic carbocycles. The SMILES string of the molecule is COc1cccc(C(C)(C)O)c1OC1CN(C)C1. The molecular formula is C14H21NO3. The summed E-state index contributed by atoms with van der Waals surface area (Å²) in [4.78, 5) is 2.18. The van der Waals surface area contributed by atoms with Crippen LogP contribution in [0, 0.1) is 0 Å². The molecule has 4 heteroatoms. The number of aliphatic hydroxyl groups is 1. The van der Waals surface area contributed by atoms with E-state index in [0.29, 0.717) is 11.5 Å². The third-order valence-corrected chi connectivity index (χ3v) is 3.17. The van der Waals surface area contributed by atoms with E-state index < -0.39 is 5.60 Å².